The van der Waals surface area contributed by atoms with E-state index in [-0.39, 0.29) is 119 Å². The number of thiazole rings is 1. The maximum atomic E-state index is 16.2. The summed E-state index contributed by atoms with van der Waals surface area (Å²) in [5, 5.41) is 21.6. The standard InChI is InChI=1S/C66H86F4N12O12S/c1-41-37-81(38-42(2)78(41)7)53-33-51(67)48(31-52(53)76-62(88)49-36-73-58(86)32-50(49)66(68,69)70)46-12-13-55(72-35-46)79-18-20-80(21-19-79)59(87)15-14-56(84)71-17-23-92-25-27-94-29-28-93-26-24-91-22-16-57(85)77-61(65(4,5)6)64(90)82-39-47(83)30-54(82)63(89)74-34-44-8-10-45(11-9-44)60-43(3)75-40-95-60/h8-13,31-33,35-36,40-42,47,54,61,83H,14-30,34,37-39H2,1-7H3,(H,71,84)(H,73,86)(H,74,89)(H,76,88)(H,77,85)/t41-,42+,47-,54+,61-/m1/s1. The third-order valence-electron chi connectivity index (χ3n) is 17.0. The summed E-state index contributed by atoms with van der Waals surface area (Å²) in [6.45, 7) is 16.3. The molecule has 3 aromatic heterocycles. The molecule has 6 heterocycles. The number of nitrogens with one attached hydrogen (secondary N) is 5. The number of alkyl halides is 3. The number of aliphatic hydroxyl groups excluding tert-OH is 1. The molecule has 2 aromatic carbocycles. The number of likely N-dealkylation sites (tertiary alicyclic amines) is 1. The topological polar surface area (TPSA) is 283 Å². The molecule has 0 aliphatic carbocycles. The van der Waals surface area contributed by atoms with Gasteiger partial charge in [-0.1, -0.05) is 45.0 Å². The lowest BCUT2D eigenvalue weighted by Gasteiger charge is -2.44. The third-order valence-corrected chi connectivity index (χ3v) is 17.9. The molecule has 0 radical (unpaired) electrons. The van der Waals surface area contributed by atoms with Crippen molar-refractivity contribution in [3.63, 3.8) is 0 Å². The Balaban J connectivity index is 0.658. The van der Waals surface area contributed by atoms with Gasteiger partial charge in [-0.15, -0.1) is 11.3 Å². The first-order valence-corrected chi connectivity index (χ1v) is 32.7. The number of β-amino-alcohol motifs (C(OH)–C–C–N with tert-alkyl or cyclic N) is 1. The lowest BCUT2D eigenvalue weighted by molar-refractivity contribution is -0.144. The van der Waals surface area contributed by atoms with E-state index in [2.05, 4.69) is 41.1 Å². The van der Waals surface area contributed by atoms with Crippen molar-refractivity contribution in [1.29, 1.82) is 0 Å². The van der Waals surface area contributed by atoms with Gasteiger partial charge in [0.05, 0.1) is 97.5 Å². The highest BCUT2D eigenvalue weighted by molar-refractivity contribution is 7.13. The molecule has 0 spiro atoms. The highest BCUT2D eigenvalue weighted by Crippen LogP contribution is 2.38. The molecule has 516 valence electrons. The zero-order valence-electron chi connectivity index (χ0n) is 54.7. The number of hydrogen-bond donors (Lipinski definition) is 6. The minimum Gasteiger partial charge on any atom is -0.391 e. The van der Waals surface area contributed by atoms with Gasteiger partial charge in [0.2, 0.25) is 35.1 Å². The van der Waals surface area contributed by atoms with E-state index in [4.69, 9.17) is 18.9 Å². The first-order valence-electron chi connectivity index (χ1n) is 31.8. The lowest BCUT2D eigenvalue weighted by Crippen LogP contribution is -2.57. The van der Waals surface area contributed by atoms with Gasteiger partial charge in [0.15, 0.2) is 0 Å². The number of nitrogens with zero attached hydrogens (tertiary/aromatic N) is 7. The number of carbonyl (C=O) groups excluding carboxylic acids is 6. The largest absolute Gasteiger partial charge is 0.417 e. The maximum absolute atomic E-state index is 16.2. The first kappa shape index (κ1) is 72.9. The van der Waals surface area contributed by atoms with Crippen LogP contribution in [-0.2, 0) is 55.6 Å². The van der Waals surface area contributed by atoms with Gasteiger partial charge in [-0.05, 0) is 68.6 Å². The van der Waals surface area contributed by atoms with Crippen LogP contribution >= 0.6 is 11.3 Å². The van der Waals surface area contributed by atoms with Crippen molar-refractivity contribution in [3.8, 4) is 21.6 Å². The summed E-state index contributed by atoms with van der Waals surface area (Å²) in [6, 6.07) is 12.3. The van der Waals surface area contributed by atoms with Gasteiger partial charge in [-0.2, -0.15) is 13.2 Å². The Morgan fingerprint density at radius 3 is 2.02 bits per heavy atom. The van der Waals surface area contributed by atoms with Gasteiger partial charge in [0, 0.05) is 126 Å². The number of benzene rings is 2. The number of H-pyrrole nitrogens is 1. The number of rotatable bonds is 29. The van der Waals surface area contributed by atoms with Crippen LogP contribution in [-0.4, -0.2) is 213 Å². The van der Waals surface area contributed by atoms with Crippen LogP contribution < -0.4 is 36.6 Å². The van der Waals surface area contributed by atoms with Crippen LogP contribution in [0.4, 0.5) is 34.8 Å². The summed E-state index contributed by atoms with van der Waals surface area (Å²) in [5.41, 5.74) is 1.40. The minimum atomic E-state index is -5.01. The van der Waals surface area contributed by atoms with E-state index in [9.17, 15) is 51.8 Å². The van der Waals surface area contributed by atoms with Gasteiger partial charge >= 0.3 is 6.18 Å². The van der Waals surface area contributed by atoms with E-state index in [0.29, 0.717) is 82.7 Å². The Kier molecular flexibility index (Phi) is 25.8. The van der Waals surface area contributed by atoms with Gasteiger partial charge in [-0.3, -0.25) is 38.5 Å². The zero-order chi connectivity index (χ0) is 68.6. The Morgan fingerprint density at radius 1 is 0.768 bits per heavy atom. The fourth-order valence-corrected chi connectivity index (χ4v) is 12.2. The summed E-state index contributed by atoms with van der Waals surface area (Å²) in [7, 11) is 1.96. The number of aromatic amines is 1. The van der Waals surface area contributed by atoms with Crippen LogP contribution in [0.5, 0.6) is 0 Å². The van der Waals surface area contributed by atoms with Gasteiger partial charge < -0.3 is 69.9 Å². The summed E-state index contributed by atoms with van der Waals surface area (Å²) >= 11 is 1.56. The molecule has 0 saturated carbocycles. The number of ether oxygens (including phenoxy) is 4. The molecule has 95 heavy (non-hydrogen) atoms. The smallest absolute Gasteiger partial charge is 0.391 e. The van der Waals surface area contributed by atoms with Crippen molar-refractivity contribution in [2.24, 2.45) is 5.41 Å². The van der Waals surface area contributed by atoms with Crippen molar-refractivity contribution < 1.29 is 70.4 Å². The van der Waals surface area contributed by atoms with Crippen LogP contribution in [0.2, 0.25) is 0 Å². The van der Waals surface area contributed by atoms with E-state index < -0.39 is 75.9 Å². The monoisotopic (exact) mass is 1350 g/mol. The molecule has 24 nitrogen and oxygen atoms in total. The van der Waals surface area contributed by atoms with E-state index in [1.54, 1.807) is 33.9 Å². The molecule has 6 N–H and O–H groups in total. The molecule has 3 aliphatic heterocycles. The van der Waals surface area contributed by atoms with Crippen LogP contribution in [0.3, 0.4) is 0 Å². The van der Waals surface area contributed by atoms with Crippen molar-refractivity contribution in [2.45, 2.75) is 110 Å². The number of pyridine rings is 2. The van der Waals surface area contributed by atoms with Crippen LogP contribution in [0, 0.1) is 18.2 Å². The predicted octanol–water partition coefficient (Wildman–Crippen LogP) is 5.62. The van der Waals surface area contributed by atoms with Crippen molar-refractivity contribution in [1.82, 2.24) is 45.6 Å². The third kappa shape index (κ3) is 20.3. The molecular weight excluding hydrogens is 1260 g/mol. The van der Waals surface area contributed by atoms with Crippen LogP contribution in [0.1, 0.15) is 87.5 Å². The SMILES string of the molecule is Cc1ncsc1-c1ccc(CNC(=O)[C@@H]2C[C@@H](O)CN2C(=O)[C@@H](NC(=O)CCOCCOCCOCCOCCNC(=O)CCC(=O)N2CCN(c3ccc(-c4cc(NC(=O)c5c[nH]c(=O)cc5C(F)(F)F)c(N5C[C@@H](C)N(C)[C@@H](C)C5)cc4F)cn3)CC2)C(C)(C)C)cc1. The molecule has 8 rings (SSSR count). The molecule has 3 saturated heterocycles. The number of likely N-dealkylation sites (N-methyl/N-ethyl adjacent to an activating group) is 1. The van der Waals surface area contributed by atoms with E-state index >= 15 is 4.39 Å². The highest BCUT2D eigenvalue weighted by atomic mass is 32.1. The first-order chi connectivity index (χ1) is 45.2. The number of piperazine rings is 2. The molecule has 0 bridgehead atoms. The molecular formula is C66H86F4N12O12S. The molecule has 6 amide bonds. The lowest BCUT2D eigenvalue weighted by atomic mass is 9.85. The second kappa shape index (κ2) is 33.6. The number of halogens is 4. The summed E-state index contributed by atoms with van der Waals surface area (Å²) in [6.07, 6.45) is -3.67. The van der Waals surface area contributed by atoms with Crippen molar-refractivity contribution >= 4 is 64.0 Å². The Bertz CT molecular complexity index is 3480. The van der Waals surface area contributed by atoms with Gasteiger partial charge in [0.1, 0.15) is 23.7 Å². The minimum absolute atomic E-state index is 0.00644. The number of aliphatic hydroxyl groups is 1. The molecule has 29 heteroatoms. The quantitative estimate of drug-likeness (QED) is 0.0250. The number of anilines is 3. The Labute approximate surface area is 553 Å². The number of hydrogen-bond acceptors (Lipinski definition) is 18. The maximum Gasteiger partial charge on any atom is 0.417 e. The van der Waals surface area contributed by atoms with Crippen LogP contribution in [0.15, 0.2) is 77.3 Å². The summed E-state index contributed by atoms with van der Waals surface area (Å²) in [5.74, 6) is -2.95. The summed E-state index contributed by atoms with van der Waals surface area (Å²) < 4.78 is 80.5. The van der Waals surface area contributed by atoms with Crippen LogP contribution in [0.25, 0.3) is 21.6 Å². The van der Waals surface area contributed by atoms with Crippen molar-refractivity contribution in [3.05, 3.63) is 111 Å². The van der Waals surface area contributed by atoms with E-state index in [1.165, 1.54) is 23.2 Å². The molecule has 3 aliphatic rings. The molecule has 5 aromatic rings. The number of carbonyl (C=O) groups is 6. The highest BCUT2D eigenvalue weighted by Gasteiger charge is 2.45. The number of aromatic nitrogens is 3. The zero-order valence-corrected chi connectivity index (χ0v) is 55.5. The Morgan fingerprint density at radius 2 is 1.41 bits per heavy atom. The number of aryl methyl sites for hydroxylation is 1. The van der Waals surface area contributed by atoms with Gasteiger partial charge in [0.25, 0.3) is 5.91 Å². The number of amides is 6. The van der Waals surface area contributed by atoms with E-state index in [0.717, 1.165) is 21.7 Å². The second-order valence-corrected chi connectivity index (χ2v) is 25.8. The van der Waals surface area contributed by atoms with Gasteiger partial charge in [-0.25, -0.2) is 14.4 Å². The normalized spacial score (nSPS) is 18.2. The fraction of sp³-hybridized carbons (Fsp3) is 0.530. The molecule has 5 atom stereocenters. The predicted molar refractivity (Wildman–Crippen MR) is 349 cm³/mol. The average molecular weight is 1350 g/mol. The second-order valence-electron chi connectivity index (χ2n) is 25.0. The fourth-order valence-electron chi connectivity index (χ4n) is 11.4. The molecule has 3 fully saturated rings. The molecule has 0 unspecified atom stereocenters. The van der Waals surface area contributed by atoms with Crippen molar-refractivity contribution in [2.75, 3.05) is 127 Å². The average Bonchev–Trinajstić information content (AvgIpc) is 1.71. The Hall–Kier alpha value is -7.93. The summed E-state index contributed by atoms with van der Waals surface area (Å²) in [4.78, 5) is 113. The van der Waals surface area contributed by atoms with E-state index in [1.807, 2.05) is 82.7 Å².